The number of likely N-dealkylation sites (N-methyl/N-ethyl adjacent to an activating group) is 1. The van der Waals surface area contributed by atoms with Crippen molar-refractivity contribution in [2.75, 3.05) is 31.6 Å². The molecule has 0 radical (unpaired) electrons. The van der Waals surface area contributed by atoms with E-state index in [1.807, 2.05) is 54.6 Å². The number of ether oxygens (including phenoxy) is 1. The second-order valence-electron chi connectivity index (χ2n) is 6.91. The fourth-order valence-corrected chi connectivity index (χ4v) is 3.57. The second kappa shape index (κ2) is 7.90. The number of benzene rings is 2. The van der Waals surface area contributed by atoms with E-state index >= 15 is 0 Å². The highest BCUT2D eigenvalue weighted by Crippen LogP contribution is 2.33. The molecule has 2 heterocycles. The lowest BCUT2D eigenvalue weighted by Crippen LogP contribution is -2.27. The fraction of sp³-hybridized carbons (Fsp3) is 0.261. The number of aromatic nitrogens is 1. The van der Waals surface area contributed by atoms with Gasteiger partial charge >= 0.3 is 0 Å². The Labute approximate surface area is 165 Å². The molecule has 0 spiro atoms. The summed E-state index contributed by atoms with van der Waals surface area (Å²) in [6.45, 7) is 7.98. The number of anilines is 1. The van der Waals surface area contributed by atoms with E-state index in [9.17, 15) is 4.79 Å². The zero-order chi connectivity index (χ0) is 19.5. The summed E-state index contributed by atoms with van der Waals surface area (Å²) >= 11 is 0. The summed E-state index contributed by atoms with van der Waals surface area (Å²) in [5.74, 6) is 0.794. The highest BCUT2D eigenvalue weighted by atomic mass is 16.5. The fourth-order valence-electron chi connectivity index (χ4n) is 3.57. The average molecular weight is 375 g/mol. The Balaban J connectivity index is 1.53. The van der Waals surface area contributed by atoms with E-state index in [4.69, 9.17) is 4.74 Å². The van der Waals surface area contributed by atoms with Gasteiger partial charge in [-0.3, -0.25) is 4.79 Å². The predicted octanol–water partition coefficient (Wildman–Crippen LogP) is 4.38. The van der Waals surface area contributed by atoms with Crippen LogP contribution in [0.5, 0.6) is 5.75 Å². The smallest absolute Gasteiger partial charge is 0.256 e. The van der Waals surface area contributed by atoms with E-state index in [0.29, 0.717) is 12.2 Å². The second-order valence-corrected chi connectivity index (χ2v) is 6.91. The van der Waals surface area contributed by atoms with Gasteiger partial charge in [0.2, 0.25) is 0 Å². The standard InChI is InChI=1S/C23H25N3O2/c1-3-26(4-2)11-12-28-18-9-10-21-16(14-18)13-17(24-21)15-20-19-7-5-6-8-22(19)25-23(20)27/h5-10,13-15,24H,3-4,11-12H2,1-2H3,(H,25,27)/b20-15+. The third kappa shape index (κ3) is 3.66. The Morgan fingerprint density at radius 1 is 1.07 bits per heavy atom. The highest BCUT2D eigenvalue weighted by Gasteiger charge is 2.23. The van der Waals surface area contributed by atoms with E-state index in [-0.39, 0.29) is 5.91 Å². The van der Waals surface area contributed by atoms with Crippen LogP contribution >= 0.6 is 0 Å². The number of para-hydroxylation sites is 1. The van der Waals surface area contributed by atoms with Crippen molar-refractivity contribution in [3.63, 3.8) is 0 Å². The zero-order valence-corrected chi connectivity index (χ0v) is 16.3. The minimum Gasteiger partial charge on any atom is -0.492 e. The molecule has 3 aromatic rings. The molecule has 2 aromatic carbocycles. The topological polar surface area (TPSA) is 57.4 Å². The van der Waals surface area contributed by atoms with Crippen LogP contribution in [0.2, 0.25) is 0 Å². The van der Waals surface area contributed by atoms with Gasteiger partial charge in [0.25, 0.3) is 5.91 Å². The SMILES string of the molecule is CCN(CC)CCOc1ccc2[nH]c(/C=C3/C(=O)Nc4ccccc43)cc2c1. The number of H-pyrrole nitrogens is 1. The zero-order valence-electron chi connectivity index (χ0n) is 16.3. The molecule has 5 nitrogen and oxygen atoms in total. The minimum atomic E-state index is -0.0692. The van der Waals surface area contributed by atoms with Gasteiger partial charge in [0, 0.05) is 34.4 Å². The summed E-state index contributed by atoms with van der Waals surface area (Å²) in [6.07, 6.45) is 1.90. The van der Waals surface area contributed by atoms with Crippen molar-refractivity contribution in [3.8, 4) is 5.75 Å². The van der Waals surface area contributed by atoms with Crippen molar-refractivity contribution < 1.29 is 9.53 Å². The van der Waals surface area contributed by atoms with Crippen molar-refractivity contribution in [1.82, 2.24) is 9.88 Å². The van der Waals surface area contributed by atoms with Gasteiger partial charge in [-0.2, -0.15) is 0 Å². The number of amides is 1. The first-order valence-corrected chi connectivity index (χ1v) is 9.78. The number of rotatable bonds is 7. The molecule has 0 bridgehead atoms. The number of nitrogens with one attached hydrogen (secondary N) is 2. The first kappa shape index (κ1) is 18.3. The summed E-state index contributed by atoms with van der Waals surface area (Å²) in [7, 11) is 0. The van der Waals surface area contributed by atoms with Gasteiger partial charge in [-0.25, -0.2) is 0 Å². The number of aromatic amines is 1. The van der Waals surface area contributed by atoms with Gasteiger partial charge in [-0.15, -0.1) is 0 Å². The first-order valence-electron chi connectivity index (χ1n) is 9.78. The molecular weight excluding hydrogens is 350 g/mol. The Kier molecular flexibility index (Phi) is 5.17. The van der Waals surface area contributed by atoms with Crippen LogP contribution in [0.1, 0.15) is 25.1 Å². The molecule has 2 N–H and O–H groups in total. The van der Waals surface area contributed by atoms with Crippen molar-refractivity contribution >= 4 is 34.1 Å². The number of carbonyl (C=O) groups is 1. The van der Waals surface area contributed by atoms with E-state index in [1.54, 1.807) is 0 Å². The molecule has 0 saturated heterocycles. The number of hydrogen-bond donors (Lipinski definition) is 2. The molecule has 1 aromatic heterocycles. The van der Waals surface area contributed by atoms with Crippen LogP contribution in [0.3, 0.4) is 0 Å². The Hall–Kier alpha value is -3.05. The molecule has 144 valence electrons. The maximum Gasteiger partial charge on any atom is 0.256 e. The largest absolute Gasteiger partial charge is 0.492 e. The van der Waals surface area contributed by atoms with Crippen LogP contribution in [0, 0.1) is 0 Å². The predicted molar refractivity (Wildman–Crippen MR) is 115 cm³/mol. The van der Waals surface area contributed by atoms with E-state index < -0.39 is 0 Å². The van der Waals surface area contributed by atoms with Crippen LogP contribution in [0.15, 0.2) is 48.5 Å². The van der Waals surface area contributed by atoms with E-state index in [0.717, 1.165) is 53.2 Å². The first-order chi connectivity index (χ1) is 13.7. The molecule has 28 heavy (non-hydrogen) atoms. The lowest BCUT2D eigenvalue weighted by molar-refractivity contribution is -0.110. The number of carbonyl (C=O) groups excluding carboxylic acids is 1. The number of hydrogen-bond acceptors (Lipinski definition) is 3. The van der Waals surface area contributed by atoms with Crippen LogP contribution < -0.4 is 10.1 Å². The Bertz CT molecular complexity index is 1030. The monoisotopic (exact) mass is 375 g/mol. The van der Waals surface area contributed by atoms with E-state index in [1.165, 1.54) is 0 Å². The third-order valence-corrected chi connectivity index (χ3v) is 5.19. The molecule has 1 aliphatic rings. The maximum absolute atomic E-state index is 12.3. The Morgan fingerprint density at radius 3 is 2.71 bits per heavy atom. The molecular formula is C23H25N3O2. The lowest BCUT2D eigenvalue weighted by Gasteiger charge is -2.17. The summed E-state index contributed by atoms with van der Waals surface area (Å²) in [4.78, 5) is 18.0. The van der Waals surface area contributed by atoms with E-state index in [2.05, 4.69) is 29.0 Å². The number of fused-ring (bicyclic) bond motifs is 2. The molecule has 0 fully saturated rings. The quantitative estimate of drug-likeness (QED) is 0.603. The summed E-state index contributed by atoms with van der Waals surface area (Å²) in [5, 5.41) is 3.98. The van der Waals surface area contributed by atoms with Crippen LogP contribution in [0.4, 0.5) is 5.69 Å². The molecule has 0 unspecified atom stereocenters. The lowest BCUT2D eigenvalue weighted by atomic mass is 10.1. The highest BCUT2D eigenvalue weighted by molar-refractivity contribution is 6.34. The number of nitrogens with zero attached hydrogens (tertiary/aromatic N) is 1. The van der Waals surface area contributed by atoms with Crippen molar-refractivity contribution in [3.05, 3.63) is 59.8 Å². The summed E-state index contributed by atoms with van der Waals surface area (Å²) in [5.41, 5.74) is 4.40. The van der Waals surface area contributed by atoms with Crippen LogP contribution in [0.25, 0.3) is 22.6 Å². The van der Waals surface area contributed by atoms with Gasteiger partial charge < -0.3 is 19.9 Å². The molecule has 4 rings (SSSR count). The maximum atomic E-state index is 12.3. The molecule has 1 amide bonds. The minimum absolute atomic E-state index is 0.0692. The van der Waals surface area contributed by atoms with Crippen LogP contribution in [-0.2, 0) is 4.79 Å². The van der Waals surface area contributed by atoms with Crippen molar-refractivity contribution in [2.45, 2.75) is 13.8 Å². The normalized spacial score (nSPS) is 14.7. The van der Waals surface area contributed by atoms with Gasteiger partial charge in [0.05, 0.1) is 5.57 Å². The molecule has 0 aliphatic carbocycles. The average Bonchev–Trinajstić information content (AvgIpc) is 3.25. The van der Waals surface area contributed by atoms with Gasteiger partial charge in [0.1, 0.15) is 12.4 Å². The molecule has 0 saturated carbocycles. The Morgan fingerprint density at radius 2 is 1.89 bits per heavy atom. The van der Waals surface area contributed by atoms with Gasteiger partial charge in [-0.1, -0.05) is 32.0 Å². The van der Waals surface area contributed by atoms with Crippen molar-refractivity contribution in [2.24, 2.45) is 0 Å². The third-order valence-electron chi connectivity index (χ3n) is 5.19. The molecule has 1 aliphatic heterocycles. The van der Waals surface area contributed by atoms with Crippen LogP contribution in [-0.4, -0.2) is 42.0 Å². The summed E-state index contributed by atoms with van der Waals surface area (Å²) < 4.78 is 5.92. The molecule has 0 atom stereocenters. The van der Waals surface area contributed by atoms with Gasteiger partial charge in [-0.05, 0) is 49.5 Å². The van der Waals surface area contributed by atoms with Crippen molar-refractivity contribution in [1.29, 1.82) is 0 Å². The summed E-state index contributed by atoms with van der Waals surface area (Å²) in [6, 6.07) is 15.8. The van der Waals surface area contributed by atoms with Gasteiger partial charge in [0.15, 0.2) is 0 Å². The molecule has 5 heteroatoms.